The van der Waals surface area contributed by atoms with Crippen LogP contribution < -0.4 is 0 Å². The second kappa shape index (κ2) is 7.89. The molecule has 4 heterocycles. The molecule has 3 fully saturated rings. The molecule has 3 saturated heterocycles. The van der Waals surface area contributed by atoms with Crippen LogP contribution in [0.2, 0.25) is 0 Å². The van der Waals surface area contributed by atoms with E-state index in [1.807, 2.05) is 0 Å². The van der Waals surface area contributed by atoms with Gasteiger partial charge in [-0.3, -0.25) is 14.6 Å². The van der Waals surface area contributed by atoms with E-state index >= 15 is 0 Å². The lowest BCUT2D eigenvalue weighted by Crippen LogP contribution is -2.42. The molecule has 1 aromatic rings. The Kier molecular flexibility index (Phi) is 5.53. The number of hydrogen-bond acceptors (Lipinski definition) is 7. The van der Waals surface area contributed by atoms with E-state index in [1.54, 1.807) is 0 Å². The number of carbonyl (C=O) groups is 1. The van der Waals surface area contributed by atoms with E-state index in [0.717, 1.165) is 83.2 Å². The molecule has 0 amide bonds. The number of piperidine rings is 1. The van der Waals surface area contributed by atoms with Crippen molar-refractivity contribution in [2.45, 2.75) is 51.7 Å². The van der Waals surface area contributed by atoms with E-state index in [2.05, 4.69) is 34.9 Å². The van der Waals surface area contributed by atoms with E-state index in [9.17, 15) is 4.79 Å². The smallest absolute Gasteiger partial charge is 0.312 e. The first-order valence-corrected chi connectivity index (χ1v) is 10.2. The van der Waals surface area contributed by atoms with E-state index in [4.69, 9.17) is 14.0 Å². The van der Waals surface area contributed by atoms with Gasteiger partial charge in [-0.2, -0.15) is 0 Å². The van der Waals surface area contributed by atoms with Crippen LogP contribution in [0.1, 0.15) is 50.5 Å². The maximum absolute atomic E-state index is 12.6. The summed E-state index contributed by atoms with van der Waals surface area (Å²) in [4.78, 5) is 17.3. The lowest BCUT2D eigenvalue weighted by molar-refractivity contribution is -0.151. The van der Waals surface area contributed by atoms with Crippen molar-refractivity contribution in [3.05, 3.63) is 17.5 Å². The van der Waals surface area contributed by atoms with Crippen LogP contribution in [0.4, 0.5) is 0 Å². The molecule has 0 radical (unpaired) electrons. The van der Waals surface area contributed by atoms with Crippen molar-refractivity contribution in [1.29, 1.82) is 0 Å². The highest BCUT2D eigenvalue weighted by atomic mass is 16.6. The fourth-order valence-corrected chi connectivity index (χ4v) is 4.45. The van der Waals surface area contributed by atoms with Crippen molar-refractivity contribution in [3.63, 3.8) is 0 Å². The largest absolute Gasteiger partial charge is 0.461 e. The average molecular weight is 377 g/mol. The van der Waals surface area contributed by atoms with Crippen LogP contribution in [0.15, 0.2) is 10.6 Å². The summed E-state index contributed by atoms with van der Waals surface area (Å²) in [6.45, 7) is 11.1. The monoisotopic (exact) mass is 377 g/mol. The molecule has 3 aliphatic rings. The minimum absolute atomic E-state index is 0.0159. The molecule has 27 heavy (non-hydrogen) atoms. The average Bonchev–Trinajstić information content (AvgIpc) is 3.23. The fourth-order valence-electron chi connectivity index (χ4n) is 4.45. The predicted octanol–water partition coefficient (Wildman–Crippen LogP) is 2.03. The Labute approximate surface area is 160 Å². The standard InChI is InChI=1S/C20H31N3O4/c1-15(2)18-11-16(27-21-18)13-22-5-3-20(4-6-22)12-17(26-19(20)24)14-23-7-9-25-10-8-23/h11,15,17H,3-10,12-14H2,1-2H3. The van der Waals surface area contributed by atoms with Gasteiger partial charge in [0.05, 0.1) is 30.9 Å². The molecule has 7 nitrogen and oxygen atoms in total. The number of hydrogen-bond donors (Lipinski definition) is 0. The molecule has 0 bridgehead atoms. The lowest BCUT2D eigenvalue weighted by atomic mass is 9.76. The molecule has 4 rings (SSSR count). The number of esters is 1. The molecule has 1 spiro atoms. The summed E-state index contributed by atoms with van der Waals surface area (Å²) in [6.07, 6.45) is 2.63. The highest BCUT2D eigenvalue weighted by molar-refractivity contribution is 5.79. The van der Waals surface area contributed by atoms with Gasteiger partial charge in [0.15, 0.2) is 5.76 Å². The van der Waals surface area contributed by atoms with Crippen LogP contribution in [0.5, 0.6) is 0 Å². The van der Waals surface area contributed by atoms with Gasteiger partial charge >= 0.3 is 5.97 Å². The van der Waals surface area contributed by atoms with Crippen LogP contribution in [0.25, 0.3) is 0 Å². The number of aromatic nitrogens is 1. The Morgan fingerprint density at radius 1 is 1.19 bits per heavy atom. The minimum atomic E-state index is -0.280. The normalized spacial score (nSPS) is 26.8. The Hall–Kier alpha value is -1.44. The first-order chi connectivity index (χ1) is 13.0. The summed E-state index contributed by atoms with van der Waals surface area (Å²) < 4.78 is 16.6. The molecular weight excluding hydrogens is 346 g/mol. The number of cyclic esters (lactones) is 1. The molecule has 1 aromatic heterocycles. The number of carbonyl (C=O) groups excluding carboxylic acids is 1. The molecule has 0 aliphatic carbocycles. The SMILES string of the molecule is CC(C)c1cc(CN2CCC3(CC2)CC(CN2CCOCC2)OC3=O)on1. The molecule has 1 atom stereocenters. The third kappa shape index (κ3) is 4.20. The lowest BCUT2D eigenvalue weighted by Gasteiger charge is -2.36. The topological polar surface area (TPSA) is 68.0 Å². The Morgan fingerprint density at radius 2 is 1.93 bits per heavy atom. The Bertz CT molecular complexity index is 645. The van der Waals surface area contributed by atoms with Gasteiger partial charge in [-0.15, -0.1) is 0 Å². The molecule has 150 valence electrons. The molecule has 7 heteroatoms. The molecule has 1 unspecified atom stereocenters. The first-order valence-electron chi connectivity index (χ1n) is 10.2. The van der Waals surface area contributed by atoms with Crippen molar-refractivity contribution >= 4 is 5.97 Å². The second-order valence-electron chi connectivity index (χ2n) is 8.57. The highest BCUT2D eigenvalue weighted by Crippen LogP contribution is 2.43. The van der Waals surface area contributed by atoms with Crippen molar-refractivity contribution in [2.24, 2.45) is 5.41 Å². The number of rotatable bonds is 5. The molecular formula is C20H31N3O4. The van der Waals surface area contributed by atoms with Gasteiger partial charge in [-0.25, -0.2) is 0 Å². The van der Waals surface area contributed by atoms with Gasteiger partial charge in [0.1, 0.15) is 6.10 Å². The van der Waals surface area contributed by atoms with E-state index < -0.39 is 0 Å². The van der Waals surface area contributed by atoms with Gasteiger partial charge in [0, 0.05) is 32.1 Å². The highest BCUT2D eigenvalue weighted by Gasteiger charge is 2.50. The zero-order chi connectivity index (χ0) is 18.9. The molecule has 0 saturated carbocycles. The summed E-state index contributed by atoms with van der Waals surface area (Å²) >= 11 is 0. The van der Waals surface area contributed by atoms with Crippen LogP contribution >= 0.6 is 0 Å². The van der Waals surface area contributed by atoms with E-state index in [1.165, 1.54) is 0 Å². The number of morpholine rings is 1. The predicted molar refractivity (Wildman–Crippen MR) is 99.3 cm³/mol. The second-order valence-corrected chi connectivity index (χ2v) is 8.57. The number of ether oxygens (including phenoxy) is 2. The van der Waals surface area contributed by atoms with Gasteiger partial charge in [-0.05, 0) is 31.8 Å². The zero-order valence-electron chi connectivity index (χ0n) is 16.5. The van der Waals surface area contributed by atoms with E-state index in [-0.39, 0.29) is 17.5 Å². The Morgan fingerprint density at radius 3 is 2.59 bits per heavy atom. The summed E-state index contributed by atoms with van der Waals surface area (Å²) in [5.41, 5.74) is 0.724. The first kappa shape index (κ1) is 18.9. The third-order valence-electron chi connectivity index (χ3n) is 6.25. The van der Waals surface area contributed by atoms with E-state index in [0.29, 0.717) is 5.92 Å². The quantitative estimate of drug-likeness (QED) is 0.727. The summed E-state index contributed by atoms with van der Waals surface area (Å²) in [6, 6.07) is 2.05. The Balaban J connectivity index is 1.29. The summed E-state index contributed by atoms with van der Waals surface area (Å²) in [7, 11) is 0. The fraction of sp³-hybridized carbons (Fsp3) is 0.800. The number of likely N-dealkylation sites (tertiary alicyclic amines) is 1. The van der Waals surface area contributed by atoms with Gasteiger partial charge in [0.25, 0.3) is 0 Å². The van der Waals surface area contributed by atoms with Gasteiger partial charge < -0.3 is 14.0 Å². The zero-order valence-corrected chi connectivity index (χ0v) is 16.5. The number of nitrogens with zero attached hydrogens (tertiary/aromatic N) is 3. The molecule has 3 aliphatic heterocycles. The maximum Gasteiger partial charge on any atom is 0.312 e. The van der Waals surface area contributed by atoms with Crippen LogP contribution in [-0.2, 0) is 20.8 Å². The van der Waals surface area contributed by atoms with Crippen LogP contribution in [-0.4, -0.2) is 73.0 Å². The van der Waals surface area contributed by atoms with Crippen molar-refractivity contribution in [2.75, 3.05) is 45.9 Å². The van der Waals surface area contributed by atoms with Gasteiger partial charge in [-0.1, -0.05) is 19.0 Å². The minimum Gasteiger partial charge on any atom is -0.461 e. The summed E-state index contributed by atoms with van der Waals surface area (Å²) in [5.74, 6) is 1.31. The molecule has 0 N–H and O–H groups in total. The van der Waals surface area contributed by atoms with Crippen molar-refractivity contribution < 1.29 is 18.8 Å². The molecule has 0 aromatic carbocycles. The van der Waals surface area contributed by atoms with Crippen molar-refractivity contribution in [1.82, 2.24) is 15.0 Å². The van der Waals surface area contributed by atoms with Crippen molar-refractivity contribution in [3.8, 4) is 0 Å². The maximum atomic E-state index is 12.6. The van der Waals surface area contributed by atoms with Crippen LogP contribution in [0.3, 0.4) is 0 Å². The van der Waals surface area contributed by atoms with Gasteiger partial charge in [0.2, 0.25) is 0 Å². The third-order valence-corrected chi connectivity index (χ3v) is 6.25. The summed E-state index contributed by atoms with van der Waals surface area (Å²) in [5, 5.41) is 4.14. The van der Waals surface area contributed by atoms with Crippen LogP contribution in [0, 0.1) is 5.41 Å².